The Labute approximate surface area is 167 Å². The number of anilines is 1. The fourth-order valence-corrected chi connectivity index (χ4v) is 3.70. The molecule has 0 unspecified atom stereocenters. The number of carbonyl (C=O) groups is 2. The van der Waals surface area contributed by atoms with Crippen molar-refractivity contribution in [1.82, 2.24) is 10.2 Å². The Morgan fingerprint density at radius 2 is 1.89 bits per heavy atom. The van der Waals surface area contributed by atoms with Crippen LogP contribution in [0.15, 0.2) is 24.3 Å². The van der Waals surface area contributed by atoms with E-state index < -0.39 is 0 Å². The number of nitrogens with one attached hydrogen (secondary N) is 1. The predicted molar refractivity (Wildman–Crippen MR) is 109 cm³/mol. The van der Waals surface area contributed by atoms with E-state index in [4.69, 9.17) is 4.74 Å². The van der Waals surface area contributed by atoms with Gasteiger partial charge in [0.1, 0.15) is 5.75 Å². The molecule has 0 spiro atoms. The number of rotatable bonds is 7. The van der Waals surface area contributed by atoms with Gasteiger partial charge < -0.3 is 19.9 Å². The summed E-state index contributed by atoms with van der Waals surface area (Å²) >= 11 is 0. The van der Waals surface area contributed by atoms with E-state index >= 15 is 0 Å². The zero-order chi connectivity index (χ0) is 18.4. The second-order valence-electron chi connectivity index (χ2n) is 7.15. The molecule has 1 aromatic carbocycles. The van der Waals surface area contributed by atoms with Crippen LogP contribution in [0.4, 0.5) is 5.69 Å². The number of amides is 2. The van der Waals surface area contributed by atoms with Crippen LogP contribution in [0.2, 0.25) is 0 Å². The molecule has 1 N–H and O–H groups in total. The third-order valence-corrected chi connectivity index (χ3v) is 5.35. The first-order chi connectivity index (χ1) is 12.7. The number of ether oxygens (including phenoxy) is 1. The van der Waals surface area contributed by atoms with E-state index in [-0.39, 0.29) is 30.8 Å². The van der Waals surface area contributed by atoms with Gasteiger partial charge in [-0.2, -0.15) is 0 Å². The van der Waals surface area contributed by atoms with Crippen molar-refractivity contribution in [3.63, 3.8) is 0 Å². The predicted octanol–water partition coefficient (Wildman–Crippen LogP) is 2.46. The standard InChI is InChI=1S/C20H29N3O3.ClH/c1-21-11-8-16-9-13-22(14-10-16)20(25)15-26-18-6-4-17(5-7-18)23-12-2-3-19(23)24;/h4-7,16,21H,2-3,8-15H2,1H3;1H. The zero-order valence-corrected chi connectivity index (χ0v) is 16.8. The van der Waals surface area contributed by atoms with E-state index in [1.807, 2.05) is 36.2 Å². The zero-order valence-electron chi connectivity index (χ0n) is 16.0. The molecule has 150 valence electrons. The van der Waals surface area contributed by atoms with E-state index in [1.165, 1.54) is 6.42 Å². The number of carbonyl (C=O) groups excluding carboxylic acids is 2. The second kappa shape index (κ2) is 10.5. The Morgan fingerprint density at radius 3 is 2.48 bits per heavy atom. The third kappa shape index (κ3) is 5.84. The molecule has 6 nitrogen and oxygen atoms in total. The van der Waals surface area contributed by atoms with Crippen LogP contribution in [0.25, 0.3) is 0 Å². The van der Waals surface area contributed by atoms with Gasteiger partial charge in [0.2, 0.25) is 5.91 Å². The maximum atomic E-state index is 12.3. The van der Waals surface area contributed by atoms with Crippen LogP contribution in [0.5, 0.6) is 5.75 Å². The lowest BCUT2D eigenvalue weighted by Gasteiger charge is -2.32. The summed E-state index contributed by atoms with van der Waals surface area (Å²) in [6.07, 6.45) is 4.87. The highest BCUT2D eigenvalue weighted by atomic mass is 35.5. The molecule has 0 bridgehead atoms. The highest BCUT2D eigenvalue weighted by Crippen LogP contribution is 2.24. The Balaban J connectivity index is 0.00000261. The number of benzene rings is 1. The van der Waals surface area contributed by atoms with Gasteiger partial charge in [-0.3, -0.25) is 9.59 Å². The van der Waals surface area contributed by atoms with Crippen molar-refractivity contribution in [1.29, 1.82) is 0 Å². The van der Waals surface area contributed by atoms with Gasteiger partial charge in [0.05, 0.1) is 0 Å². The van der Waals surface area contributed by atoms with Crippen molar-refractivity contribution < 1.29 is 14.3 Å². The number of halogens is 1. The molecule has 2 fully saturated rings. The number of likely N-dealkylation sites (tertiary alicyclic amines) is 1. The molecule has 0 atom stereocenters. The van der Waals surface area contributed by atoms with Crippen LogP contribution >= 0.6 is 12.4 Å². The van der Waals surface area contributed by atoms with Crippen molar-refractivity contribution in [2.24, 2.45) is 5.92 Å². The van der Waals surface area contributed by atoms with Crippen molar-refractivity contribution in [2.75, 3.05) is 44.7 Å². The molecule has 2 aliphatic heterocycles. The maximum absolute atomic E-state index is 12.3. The summed E-state index contributed by atoms with van der Waals surface area (Å²) in [6.45, 7) is 3.55. The van der Waals surface area contributed by atoms with Crippen molar-refractivity contribution >= 4 is 29.9 Å². The average Bonchev–Trinajstić information content (AvgIpc) is 3.11. The minimum Gasteiger partial charge on any atom is -0.484 e. The van der Waals surface area contributed by atoms with E-state index in [1.54, 1.807) is 4.90 Å². The Morgan fingerprint density at radius 1 is 1.19 bits per heavy atom. The van der Waals surface area contributed by atoms with Crippen LogP contribution in [0.1, 0.15) is 32.1 Å². The summed E-state index contributed by atoms with van der Waals surface area (Å²) in [5.74, 6) is 1.61. The van der Waals surface area contributed by atoms with Gasteiger partial charge in [-0.25, -0.2) is 0 Å². The number of piperidine rings is 1. The molecule has 2 saturated heterocycles. The van der Waals surface area contributed by atoms with Gasteiger partial charge in [0.25, 0.3) is 5.91 Å². The monoisotopic (exact) mass is 395 g/mol. The molecule has 0 aromatic heterocycles. The molecule has 0 aliphatic carbocycles. The van der Waals surface area contributed by atoms with Crippen molar-refractivity contribution in [2.45, 2.75) is 32.1 Å². The molecule has 2 aliphatic rings. The summed E-state index contributed by atoms with van der Waals surface area (Å²) < 4.78 is 5.65. The second-order valence-corrected chi connectivity index (χ2v) is 7.15. The van der Waals surface area contributed by atoms with Crippen molar-refractivity contribution in [3.05, 3.63) is 24.3 Å². The third-order valence-electron chi connectivity index (χ3n) is 5.35. The van der Waals surface area contributed by atoms with Crippen LogP contribution in [0, 0.1) is 5.92 Å². The highest BCUT2D eigenvalue weighted by Gasteiger charge is 2.23. The molecule has 0 saturated carbocycles. The minimum absolute atomic E-state index is 0. The first-order valence-corrected chi connectivity index (χ1v) is 9.63. The minimum atomic E-state index is 0. The topological polar surface area (TPSA) is 61.9 Å². The summed E-state index contributed by atoms with van der Waals surface area (Å²) in [5.41, 5.74) is 0.898. The smallest absolute Gasteiger partial charge is 0.260 e. The summed E-state index contributed by atoms with van der Waals surface area (Å²) in [7, 11) is 1.98. The van der Waals surface area contributed by atoms with Crippen LogP contribution < -0.4 is 15.0 Å². The Bertz CT molecular complexity index is 615. The van der Waals surface area contributed by atoms with Crippen LogP contribution in [0.3, 0.4) is 0 Å². The molecule has 27 heavy (non-hydrogen) atoms. The first-order valence-electron chi connectivity index (χ1n) is 9.63. The fourth-order valence-electron chi connectivity index (χ4n) is 3.70. The summed E-state index contributed by atoms with van der Waals surface area (Å²) in [6, 6.07) is 7.43. The van der Waals surface area contributed by atoms with Gasteiger partial charge in [0, 0.05) is 31.7 Å². The average molecular weight is 396 g/mol. The quantitative estimate of drug-likeness (QED) is 0.770. The largest absolute Gasteiger partial charge is 0.484 e. The van der Waals surface area contributed by atoms with E-state index in [9.17, 15) is 9.59 Å². The normalized spacial score (nSPS) is 17.7. The van der Waals surface area contributed by atoms with Crippen LogP contribution in [-0.2, 0) is 9.59 Å². The number of nitrogens with zero attached hydrogens (tertiary/aromatic N) is 2. The lowest BCUT2D eigenvalue weighted by atomic mass is 9.93. The Hall–Kier alpha value is -1.79. The van der Waals surface area contributed by atoms with Gasteiger partial charge in [-0.15, -0.1) is 12.4 Å². The van der Waals surface area contributed by atoms with Crippen molar-refractivity contribution in [3.8, 4) is 5.75 Å². The van der Waals surface area contributed by atoms with Gasteiger partial charge in [0.15, 0.2) is 6.61 Å². The molecule has 2 heterocycles. The first kappa shape index (κ1) is 21.5. The lowest BCUT2D eigenvalue weighted by molar-refractivity contribution is -0.134. The summed E-state index contributed by atoms with van der Waals surface area (Å²) in [5, 5.41) is 3.19. The van der Waals surface area contributed by atoms with E-state index in [0.29, 0.717) is 18.1 Å². The van der Waals surface area contributed by atoms with Gasteiger partial charge in [-0.1, -0.05) is 0 Å². The molecule has 7 heteroatoms. The number of hydrogen-bond acceptors (Lipinski definition) is 4. The summed E-state index contributed by atoms with van der Waals surface area (Å²) in [4.78, 5) is 27.8. The van der Waals surface area contributed by atoms with Crippen LogP contribution in [-0.4, -0.2) is 56.5 Å². The molecule has 0 radical (unpaired) electrons. The molecular weight excluding hydrogens is 366 g/mol. The molecule has 2 amide bonds. The molecular formula is C20H30ClN3O3. The van der Waals surface area contributed by atoms with E-state index in [0.717, 1.165) is 51.1 Å². The fraction of sp³-hybridized carbons (Fsp3) is 0.600. The highest BCUT2D eigenvalue weighted by molar-refractivity contribution is 5.95. The molecule has 3 rings (SSSR count). The molecule has 1 aromatic rings. The Kier molecular flexibility index (Phi) is 8.38. The van der Waals surface area contributed by atoms with Gasteiger partial charge >= 0.3 is 0 Å². The van der Waals surface area contributed by atoms with E-state index in [2.05, 4.69) is 5.32 Å². The maximum Gasteiger partial charge on any atom is 0.260 e. The lowest BCUT2D eigenvalue weighted by Crippen LogP contribution is -2.41. The number of hydrogen-bond donors (Lipinski definition) is 1. The SMILES string of the molecule is CNCCC1CCN(C(=O)COc2ccc(N3CCCC3=O)cc2)CC1.Cl. The van der Waals surface area contributed by atoms with Gasteiger partial charge in [-0.05, 0) is 69.5 Å².